The molecule has 1 saturated carbocycles. The molecule has 8 nitrogen and oxygen atoms in total. The molecule has 0 radical (unpaired) electrons. The highest BCUT2D eigenvalue weighted by Gasteiger charge is 2.28. The van der Waals surface area contributed by atoms with E-state index in [1.165, 1.54) is 12.1 Å². The van der Waals surface area contributed by atoms with Crippen LogP contribution in [0.1, 0.15) is 49.5 Å². The van der Waals surface area contributed by atoms with Crippen LogP contribution in [-0.2, 0) is 19.6 Å². The van der Waals surface area contributed by atoms with E-state index in [0.29, 0.717) is 17.3 Å². The van der Waals surface area contributed by atoms with Gasteiger partial charge in [0.25, 0.3) is 5.91 Å². The number of hydrogen-bond donors (Lipinski definition) is 2. The van der Waals surface area contributed by atoms with E-state index in [2.05, 4.69) is 35.7 Å². The number of esters is 1. The molecule has 2 N–H and O–H groups in total. The lowest BCUT2D eigenvalue weighted by atomic mass is 10.1. The molecule has 0 saturated heterocycles. The summed E-state index contributed by atoms with van der Waals surface area (Å²) in [5.74, 6) is -1.24. The predicted molar refractivity (Wildman–Crippen MR) is 128 cm³/mol. The molecule has 9 heteroatoms. The smallest absolute Gasteiger partial charge is 0.338 e. The van der Waals surface area contributed by atoms with E-state index in [0.717, 1.165) is 25.1 Å². The maximum Gasteiger partial charge on any atom is 0.338 e. The van der Waals surface area contributed by atoms with Gasteiger partial charge in [0.05, 0.1) is 10.5 Å². The molecule has 0 spiro atoms. The topological polar surface area (TPSA) is 105 Å². The van der Waals surface area contributed by atoms with Crippen molar-refractivity contribution in [2.75, 3.05) is 23.4 Å². The monoisotopic (exact) mass is 473 g/mol. The molecule has 1 aliphatic rings. The number of carbonyl (C=O) groups is 2. The Morgan fingerprint density at radius 2 is 1.79 bits per heavy atom. The lowest BCUT2D eigenvalue weighted by molar-refractivity contribution is -0.119. The molecule has 0 unspecified atom stereocenters. The minimum Gasteiger partial charge on any atom is -0.452 e. The van der Waals surface area contributed by atoms with Gasteiger partial charge in [0.1, 0.15) is 0 Å². The fourth-order valence-electron chi connectivity index (χ4n) is 3.46. The van der Waals surface area contributed by atoms with Crippen molar-refractivity contribution in [3.63, 3.8) is 0 Å². The summed E-state index contributed by atoms with van der Waals surface area (Å²) in [7, 11) is -3.70. The molecule has 0 aliphatic heterocycles. The number of amides is 1. The zero-order valence-corrected chi connectivity index (χ0v) is 20.2. The second kappa shape index (κ2) is 10.4. The number of aryl methyl sites for hydroxylation is 1. The van der Waals surface area contributed by atoms with Gasteiger partial charge >= 0.3 is 5.97 Å². The minimum absolute atomic E-state index is 0.000915. The van der Waals surface area contributed by atoms with Crippen LogP contribution >= 0.6 is 0 Å². The summed E-state index contributed by atoms with van der Waals surface area (Å²) >= 11 is 0. The number of benzene rings is 2. The van der Waals surface area contributed by atoms with Crippen LogP contribution in [0.5, 0.6) is 0 Å². The zero-order chi connectivity index (χ0) is 24.2. The van der Waals surface area contributed by atoms with E-state index < -0.39 is 28.5 Å². The second-order valence-electron chi connectivity index (χ2n) is 8.42. The Morgan fingerprint density at radius 3 is 2.36 bits per heavy atom. The molecule has 0 heterocycles. The Bertz CT molecular complexity index is 1110. The first-order valence-electron chi connectivity index (χ1n) is 11.1. The standard InChI is InChI=1S/C24H31N3O5S/c1-5-27(16(2)3)20-11-9-18(10-12-20)25-23(28)15-32-24(29)22-14-21(13-6-17(22)4)33(30,31)26-19-7-8-19/h6,9-14,16,19,26H,5,7-8,15H2,1-4H3,(H,25,28). The molecule has 2 aromatic carbocycles. The van der Waals surface area contributed by atoms with Crippen molar-refractivity contribution in [3.05, 3.63) is 53.6 Å². The molecule has 1 fully saturated rings. The summed E-state index contributed by atoms with van der Waals surface area (Å²) in [5.41, 5.74) is 2.32. The highest BCUT2D eigenvalue weighted by atomic mass is 32.2. The minimum atomic E-state index is -3.70. The molecule has 0 bridgehead atoms. The van der Waals surface area contributed by atoms with E-state index in [1.54, 1.807) is 25.1 Å². The van der Waals surface area contributed by atoms with Crippen LogP contribution in [0.15, 0.2) is 47.4 Å². The first-order chi connectivity index (χ1) is 15.6. The lowest BCUT2D eigenvalue weighted by Gasteiger charge is -2.27. The summed E-state index contributed by atoms with van der Waals surface area (Å²) in [5, 5.41) is 2.70. The number of ether oxygens (including phenoxy) is 1. The van der Waals surface area contributed by atoms with Gasteiger partial charge in [-0.1, -0.05) is 6.07 Å². The van der Waals surface area contributed by atoms with Crippen molar-refractivity contribution in [1.29, 1.82) is 0 Å². The molecule has 3 rings (SSSR count). The summed E-state index contributed by atoms with van der Waals surface area (Å²) in [6.45, 7) is 8.39. The van der Waals surface area contributed by atoms with Crippen LogP contribution in [-0.4, -0.2) is 45.5 Å². The number of hydrogen-bond acceptors (Lipinski definition) is 6. The molecule has 1 aliphatic carbocycles. The maximum absolute atomic E-state index is 12.5. The highest BCUT2D eigenvalue weighted by Crippen LogP contribution is 2.24. The van der Waals surface area contributed by atoms with Crippen molar-refractivity contribution in [2.24, 2.45) is 0 Å². The van der Waals surface area contributed by atoms with E-state index in [-0.39, 0.29) is 16.5 Å². The maximum atomic E-state index is 12.5. The highest BCUT2D eigenvalue weighted by molar-refractivity contribution is 7.89. The number of sulfonamides is 1. The van der Waals surface area contributed by atoms with Gasteiger partial charge in [-0.25, -0.2) is 17.9 Å². The van der Waals surface area contributed by atoms with Crippen molar-refractivity contribution in [2.45, 2.75) is 57.5 Å². The van der Waals surface area contributed by atoms with E-state index in [1.807, 2.05) is 12.1 Å². The molecule has 178 valence electrons. The Hall–Kier alpha value is -2.91. The van der Waals surface area contributed by atoms with Crippen LogP contribution in [0.2, 0.25) is 0 Å². The van der Waals surface area contributed by atoms with Crippen molar-refractivity contribution < 1.29 is 22.7 Å². The first kappa shape index (κ1) is 24.7. The largest absolute Gasteiger partial charge is 0.452 e. The third kappa shape index (κ3) is 6.55. The summed E-state index contributed by atoms with van der Waals surface area (Å²) in [4.78, 5) is 27.0. The average molecular weight is 474 g/mol. The van der Waals surface area contributed by atoms with Gasteiger partial charge in [-0.05, 0) is 82.5 Å². The number of rotatable bonds is 10. The number of nitrogens with one attached hydrogen (secondary N) is 2. The molecular formula is C24H31N3O5S. The van der Waals surface area contributed by atoms with Gasteiger partial charge in [-0.15, -0.1) is 0 Å². The van der Waals surface area contributed by atoms with Crippen molar-refractivity contribution in [3.8, 4) is 0 Å². The predicted octanol–water partition coefficient (Wildman–Crippen LogP) is 3.47. The molecule has 1 amide bonds. The van der Waals surface area contributed by atoms with Gasteiger partial charge in [0, 0.05) is 30.0 Å². The van der Waals surface area contributed by atoms with E-state index in [9.17, 15) is 18.0 Å². The Balaban J connectivity index is 1.59. The van der Waals surface area contributed by atoms with Crippen LogP contribution in [0.25, 0.3) is 0 Å². The molecule has 0 aromatic heterocycles. The number of anilines is 2. The van der Waals surface area contributed by atoms with Crippen LogP contribution in [0.4, 0.5) is 11.4 Å². The van der Waals surface area contributed by atoms with Crippen molar-refractivity contribution in [1.82, 2.24) is 4.72 Å². The molecule has 33 heavy (non-hydrogen) atoms. The lowest BCUT2D eigenvalue weighted by Crippen LogP contribution is -2.30. The normalized spacial score (nSPS) is 13.6. The summed E-state index contributed by atoms with van der Waals surface area (Å²) in [6, 6.07) is 12.1. The third-order valence-corrected chi connectivity index (χ3v) is 6.94. The average Bonchev–Trinajstić information content (AvgIpc) is 3.57. The molecular weight excluding hydrogens is 442 g/mol. The summed E-state index contributed by atoms with van der Waals surface area (Å²) in [6.07, 6.45) is 1.62. The van der Waals surface area contributed by atoms with Gasteiger partial charge in [-0.3, -0.25) is 4.79 Å². The van der Waals surface area contributed by atoms with Crippen LogP contribution in [0.3, 0.4) is 0 Å². The summed E-state index contributed by atoms with van der Waals surface area (Å²) < 4.78 is 32.6. The van der Waals surface area contributed by atoms with Gasteiger partial charge in [0.2, 0.25) is 10.0 Å². The zero-order valence-electron chi connectivity index (χ0n) is 19.4. The number of carbonyl (C=O) groups excluding carboxylic acids is 2. The fraction of sp³-hybridized carbons (Fsp3) is 0.417. The van der Waals surface area contributed by atoms with Crippen LogP contribution in [0, 0.1) is 6.92 Å². The third-order valence-electron chi connectivity index (χ3n) is 5.42. The SMILES string of the molecule is CCN(c1ccc(NC(=O)COC(=O)c2cc(S(=O)(=O)NC3CC3)ccc2C)cc1)C(C)C. The first-order valence-corrected chi connectivity index (χ1v) is 12.6. The fourth-order valence-corrected chi connectivity index (χ4v) is 4.80. The second-order valence-corrected chi connectivity index (χ2v) is 10.1. The Kier molecular flexibility index (Phi) is 7.76. The number of nitrogens with zero attached hydrogens (tertiary/aromatic N) is 1. The van der Waals surface area contributed by atoms with E-state index >= 15 is 0 Å². The Labute approximate surface area is 195 Å². The quantitative estimate of drug-likeness (QED) is 0.512. The van der Waals surface area contributed by atoms with E-state index in [4.69, 9.17) is 4.74 Å². The molecule has 2 aromatic rings. The van der Waals surface area contributed by atoms with Gasteiger partial charge in [0.15, 0.2) is 6.61 Å². The molecule has 0 atom stereocenters. The van der Waals surface area contributed by atoms with Crippen molar-refractivity contribution >= 4 is 33.3 Å². The Morgan fingerprint density at radius 1 is 1.12 bits per heavy atom. The van der Waals surface area contributed by atoms with Gasteiger partial charge in [-0.2, -0.15) is 0 Å². The van der Waals surface area contributed by atoms with Crippen LogP contribution < -0.4 is 14.9 Å². The van der Waals surface area contributed by atoms with Gasteiger partial charge < -0.3 is 15.0 Å².